The first-order valence-electron chi connectivity index (χ1n) is 9.17. The third kappa shape index (κ3) is 6.77. The monoisotopic (exact) mass is 429 g/mol. The van der Waals surface area contributed by atoms with Gasteiger partial charge in [0.1, 0.15) is 6.04 Å². The summed E-state index contributed by atoms with van der Waals surface area (Å²) in [6, 6.07) is 7.83. The zero-order valence-electron chi connectivity index (χ0n) is 17.2. The van der Waals surface area contributed by atoms with Crippen LogP contribution in [0.25, 0.3) is 6.08 Å². The van der Waals surface area contributed by atoms with Crippen molar-refractivity contribution in [3.8, 4) is 23.0 Å². The summed E-state index contributed by atoms with van der Waals surface area (Å²) in [5.41, 5.74) is 1.11. The Kier molecular flexibility index (Phi) is 8.01. The van der Waals surface area contributed by atoms with Gasteiger partial charge in [0.15, 0.2) is 23.0 Å². The van der Waals surface area contributed by atoms with Crippen molar-refractivity contribution < 1.29 is 38.8 Å². The van der Waals surface area contributed by atoms with Gasteiger partial charge < -0.3 is 29.7 Å². The Balaban J connectivity index is 2.11. The molecule has 0 heterocycles. The summed E-state index contributed by atoms with van der Waals surface area (Å²) in [6.07, 6.45) is 2.77. The fourth-order valence-corrected chi connectivity index (χ4v) is 2.69. The molecular formula is C22H23NO8. The van der Waals surface area contributed by atoms with Gasteiger partial charge in [-0.05, 0) is 41.5 Å². The van der Waals surface area contributed by atoms with Gasteiger partial charge in [0.25, 0.3) is 0 Å². The average molecular weight is 429 g/mol. The number of carbonyl (C=O) groups excluding carboxylic acids is 3. The fourth-order valence-electron chi connectivity index (χ4n) is 2.69. The molecule has 0 aromatic heterocycles. The van der Waals surface area contributed by atoms with E-state index in [0.29, 0.717) is 16.9 Å². The maximum absolute atomic E-state index is 12.3. The van der Waals surface area contributed by atoms with E-state index in [1.165, 1.54) is 57.6 Å². The second kappa shape index (κ2) is 10.7. The normalized spacial score (nSPS) is 11.6. The molecule has 0 radical (unpaired) electrons. The Hall–Kier alpha value is -4.01. The van der Waals surface area contributed by atoms with Gasteiger partial charge in [-0.25, -0.2) is 4.79 Å². The molecule has 0 aliphatic carbocycles. The molecule has 0 aliphatic rings. The van der Waals surface area contributed by atoms with E-state index < -0.39 is 23.9 Å². The molecule has 0 spiro atoms. The number of esters is 2. The predicted octanol–water partition coefficient (Wildman–Crippen LogP) is 1.95. The van der Waals surface area contributed by atoms with Crippen molar-refractivity contribution in [1.29, 1.82) is 0 Å². The number of phenolic OH excluding ortho intramolecular Hbond substituents is 2. The van der Waals surface area contributed by atoms with Crippen LogP contribution in [-0.2, 0) is 25.5 Å². The second-order valence-corrected chi connectivity index (χ2v) is 6.45. The molecule has 31 heavy (non-hydrogen) atoms. The number of amides is 1. The number of phenols is 2. The zero-order valence-corrected chi connectivity index (χ0v) is 17.2. The highest BCUT2D eigenvalue weighted by atomic mass is 16.6. The minimum atomic E-state index is -1.01. The van der Waals surface area contributed by atoms with Crippen molar-refractivity contribution in [2.24, 2.45) is 0 Å². The molecule has 1 unspecified atom stereocenters. The number of aromatic hydroxyl groups is 2. The average Bonchev–Trinajstić information content (AvgIpc) is 2.74. The number of nitrogens with one attached hydrogen (secondary N) is 1. The molecule has 0 aliphatic heterocycles. The van der Waals surface area contributed by atoms with Crippen LogP contribution in [0.3, 0.4) is 0 Å². The van der Waals surface area contributed by atoms with Crippen LogP contribution in [0, 0.1) is 0 Å². The molecule has 2 rings (SSSR count). The van der Waals surface area contributed by atoms with Gasteiger partial charge in [0.05, 0.1) is 14.2 Å². The van der Waals surface area contributed by atoms with Gasteiger partial charge in [0.2, 0.25) is 5.91 Å². The standard InChI is InChI=1S/C22H23NO8/c1-13(24)31-19-8-5-14(12-20(19)29-2)6-9-21(27)23-16(22(28)30-3)10-15-4-7-17(25)18(26)11-15/h4-9,11-12,16,25-26H,10H2,1-3H3,(H,23,27). The van der Waals surface area contributed by atoms with Crippen molar-refractivity contribution in [1.82, 2.24) is 5.32 Å². The lowest BCUT2D eigenvalue weighted by Gasteiger charge is -2.16. The van der Waals surface area contributed by atoms with E-state index >= 15 is 0 Å². The van der Waals surface area contributed by atoms with Crippen LogP contribution in [0.1, 0.15) is 18.1 Å². The van der Waals surface area contributed by atoms with Crippen molar-refractivity contribution in [3.63, 3.8) is 0 Å². The number of carbonyl (C=O) groups is 3. The minimum absolute atomic E-state index is 0.0466. The third-order valence-electron chi connectivity index (χ3n) is 4.15. The Morgan fingerprint density at radius 1 is 1.03 bits per heavy atom. The van der Waals surface area contributed by atoms with E-state index in [4.69, 9.17) is 14.2 Å². The maximum Gasteiger partial charge on any atom is 0.328 e. The predicted molar refractivity (Wildman–Crippen MR) is 111 cm³/mol. The fraction of sp³-hybridized carbons (Fsp3) is 0.227. The quantitative estimate of drug-likeness (QED) is 0.251. The molecule has 9 nitrogen and oxygen atoms in total. The van der Waals surface area contributed by atoms with Crippen LogP contribution in [0.4, 0.5) is 0 Å². The van der Waals surface area contributed by atoms with E-state index in [2.05, 4.69) is 5.32 Å². The highest BCUT2D eigenvalue weighted by Gasteiger charge is 2.21. The molecular weight excluding hydrogens is 406 g/mol. The molecule has 3 N–H and O–H groups in total. The topological polar surface area (TPSA) is 131 Å². The lowest BCUT2D eigenvalue weighted by atomic mass is 10.1. The number of benzene rings is 2. The Labute approximate surface area is 178 Å². The number of hydrogen-bond donors (Lipinski definition) is 3. The Bertz CT molecular complexity index is 999. The smallest absolute Gasteiger partial charge is 0.328 e. The van der Waals surface area contributed by atoms with Gasteiger partial charge in [-0.2, -0.15) is 0 Å². The van der Waals surface area contributed by atoms with Gasteiger partial charge in [0, 0.05) is 19.4 Å². The number of rotatable bonds is 8. The third-order valence-corrected chi connectivity index (χ3v) is 4.15. The number of methoxy groups -OCH3 is 2. The summed E-state index contributed by atoms with van der Waals surface area (Å²) < 4.78 is 14.9. The Morgan fingerprint density at radius 3 is 2.39 bits per heavy atom. The molecule has 2 aromatic rings. The van der Waals surface area contributed by atoms with Crippen LogP contribution in [-0.4, -0.2) is 48.3 Å². The largest absolute Gasteiger partial charge is 0.504 e. The van der Waals surface area contributed by atoms with Gasteiger partial charge in [-0.1, -0.05) is 12.1 Å². The van der Waals surface area contributed by atoms with E-state index in [0.717, 1.165) is 0 Å². The molecule has 2 aromatic carbocycles. The van der Waals surface area contributed by atoms with Crippen LogP contribution in [0.5, 0.6) is 23.0 Å². The highest BCUT2D eigenvalue weighted by molar-refractivity contribution is 5.94. The van der Waals surface area contributed by atoms with E-state index in [1.807, 2.05) is 0 Å². The van der Waals surface area contributed by atoms with Crippen molar-refractivity contribution in [2.45, 2.75) is 19.4 Å². The zero-order chi connectivity index (χ0) is 23.0. The highest BCUT2D eigenvalue weighted by Crippen LogP contribution is 2.29. The molecule has 0 fully saturated rings. The molecule has 1 atom stereocenters. The van der Waals surface area contributed by atoms with Gasteiger partial charge in [-0.3, -0.25) is 9.59 Å². The SMILES string of the molecule is COC(=O)C(Cc1ccc(O)c(O)c1)NC(=O)C=Cc1ccc(OC(C)=O)c(OC)c1. The number of hydrogen-bond acceptors (Lipinski definition) is 8. The first-order chi connectivity index (χ1) is 14.7. The lowest BCUT2D eigenvalue weighted by molar-refractivity contribution is -0.144. The van der Waals surface area contributed by atoms with Crippen molar-refractivity contribution >= 4 is 23.9 Å². The molecule has 1 amide bonds. The number of ether oxygens (including phenoxy) is 3. The molecule has 0 saturated heterocycles. The minimum Gasteiger partial charge on any atom is -0.504 e. The van der Waals surface area contributed by atoms with E-state index in [1.54, 1.807) is 12.1 Å². The molecule has 9 heteroatoms. The summed E-state index contributed by atoms with van der Waals surface area (Å²) in [6.45, 7) is 1.27. The van der Waals surface area contributed by atoms with Crippen molar-refractivity contribution in [2.75, 3.05) is 14.2 Å². The molecule has 164 valence electrons. The summed E-state index contributed by atoms with van der Waals surface area (Å²) in [4.78, 5) is 35.5. The summed E-state index contributed by atoms with van der Waals surface area (Å²) in [7, 11) is 2.62. The van der Waals surface area contributed by atoms with Crippen molar-refractivity contribution in [3.05, 3.63) is 53.6 Å². The van der Waals surface area contributed by atoms with Crippen LogP contribution < -0.4 is 14.8 Å². The second-order valence-electron chi connectivity index (χ2n) is 6.45. The van der Waals surface area contributed by atoms with E-state index in [9.17, 15) is 24.6 Å². The lowest BCUT2D eigenvalue weighted by Crippen LogP contribution is -2.42. The molecule has 0 bridgehead atoms. The van der Waals surface area contributed by atoms with Crippen LogP contribution in [0.2, 0.25) is 0 Å². The van der Waals surface area contributed by atoms with Crippen LogP contribution in [0.15, 0.2) is 42.5 Å². The van der Waals surface area contributed by atoms with Gasteiger partial charge >= 0.3 is 11.9 Å². The Morgan fingerprint density at radius 2 is 1.77 bits per heavy atom. The van der Waals surface area contributed by atoms with Gasteiger partial charge in [-0.15, -0.1) is 0 Å². The summed E-state index contributed by atoms with van der Waals surface area (Å²) in [5, 5.41) is 21.6. The van der Waals surface area contributed by atoms with E-state index in [-0.39, 0.29) is 23.7 Å². The molecule has 0 saturated carbocycles. The summed E-state index contributed by atoms with van der Waals surface area (Å²) in [5.74, 6) is -1.77. The first kappa shape index (κ1) is 23.3. The summed E-state index contributed by atoms with van der Waals surface area (Å²) >= 11 is 0. The van der Waals surface area contributed by atoms with Crippen LogP contribution >= 0.6 is 0 Å². The maximum atomic E-state index is 12.3. The first-order valence-corrected chi connectivity index (χ1v) is 9.17.